The van der Waals surface area contributed by atoms with Crippen LogP contribution in [-0.4, -0.2) is 58.2 Å². The van der Waals surface area contributed by atoms with Crippen LogP contribution in [0.25, 0.3) is 0 Å². The van der Waals surface area contributed by atoms with Crippen molar-refractivity contribution in [2.45, 2.75) is 46.6 Å². The van der Waals surface area contributed by atoms with Crippen LogP contribution in [0.5, 0.6) is 0 Å². The number of likely N-dealkylation sites (tertiary alicyclic amines) is 1. The van der Waals surface area contributed by atoms with E-state index < -0.39 is 9.84 Å². The molecule has 0 aromatic heterocycles. The Bertz CT molecular complexity index is 257. The fraction of sp³-hybridized carbons (Fsp3) is 1.00. The van der Waals surface area contributed by atoms with Crippen LogP contribution in [0.1, 0.15) is 40.5 Å². The van der Waals surface area contributed by atoms with E-state index in [-0.39, 0.29) is 5.75 Å². The molecule has 1 saturated heterocycles. The van der Waals surface area contributed by atoms with Crippen molar-refractivity contribution in [2.24, 2.45) is 0 Å². The van der Waals surface area contributed by atoms with Crippen molar-refractivity contribution in [3.8, 4) is 0 Å². The van der Waals surface area contributed by atoms with E-state index in [1.807, 2.05) is 27.7 Å². The van der Waals surface area contributed by atoms with Gasteiger partial charge in [0.25, 0.3) is 0 Å². The van der Waals surface area contributed by atoms with Gasteiger partial charge in [0.05, 0.1) is 11.9 Å². The average molecular weight is 281 g/mol. The van der Waals surface area contributed by atoms with E-state index in [1.54, 1.807) is 7.11 Å². The zero-order valence-electron chi connectivity index (χ0n) is 12.9. The number of sulfone groups is 1. The Morgan fingerprint density at radius 2 is 1.56 bits per heavy atom. The maximum atomic E-state index is 10.9. The standard InChI is InChI=1S/C9H19NO3S.2C2H6/c1-13-9-3-5-10(6-4-9)7-8-14(2,11)12;2*1-2/h9H,3-8H2,1-2H3;2*1-2H3. The van der Waals surface area contributed by atoms with Crippen LogP contribution < -0.4 is 0 Å². The molecule has 0 aromatic carbocycles. The van der Waals surface area contributed by atoms with Crippen molar-refractivity contribution in [3.05, 3.63) is 0 Å². The normalized spacial score (nSPS) is 17.2. The fourth-order valence-corrected chi connectivity index (χ4v) is 2.25. The first-order valence-corrected chi connectivity index (χ1v) is 9.00. The van der Waals surface area contributed by atoms with Gasteiger partial charge in [-0.05, 0) is 12.8 Å². The van der Waals surface area contributed by atoms with Gasteiger partial charge in [-0.3, -0.25) is 0 Å². The number of ether oxygens (including phenoxy) is 1. The second kappa shape index (κ2) is 11.9. The summed E-state index contributed by atoms with van der Waals surface area (Å²) in [6.07, 6.45) is 3.68. The van der Waals surface area contributed by atoms with E-state index in [9.17, 15) is 8.42 Å². The summed E-state index contributed by atoms with van der Waals surface area (Å²) < 4.78 is 27.1. The molecule has 1 aliphatic heterocycles. The van der Waals surface area contributed by atoms with Crippen molar-refractivity contribution in [3.63, 3.8) is 0 Å². The minimum atomic E-state index is -2.82. The first kappa shape index (κ1) is 20.2. The van der Waals surface area contributed by atoms with E-state index in [0.29, 0.717) is 12.6 Å². The molecule has 112 valence electrons. The summed E-state index contributed by atoms with van der Waals surface area (Å²) in [5, 5.41) is 0. The lowest BCUT2D eigenvalue weighted by atomic mass is 10.1. The van der Waals surface area contributed by atoms with E-state index in [2.05, 4.69) is 4.90 Å². The van der Waals surface area contributed by atoms with Crippen molar-refractivity contribution in [1.29, 1.82) is 0 Å². The molecule has 1 aliphatic rings. The molecule has 0 spiro atoms. The van der Waals surface area contributed by atoms with Gasteiger partial charge in [0, 0.05) is 33.0 Å². The zero-order valence-corrected chi connectivity index (χ0v) is 13.7. The van der Waals surface area contributed by atoms with Crippen LogP contribution in [0.2, 0.25) is 0 Å². The van der Waals surface area contributed by atoms with Gasteiger partial charge in [-0.2, -0.15) is 0 Å². The molecule has 0 aliphatic carbocycles. The quantitative estimate of drug-likeness (QED) is 0.792. The monoisotopic (exact) mass is 281 g/mol. The summed E-state index contributed by atoms with van der Waals surface area (Å²) in [5.74, 6) is 0.269. The van der Waals surface area contributed by atoms with Gasteiger partial charge in [-0.15, -0.1) is 0 Å². The molecule has 0 amide bonds. The predicted molar refractivity (Wildman–Crippen MR) is 78.9 cm³/mol. The third-order valence-electron chi connectivity index (χ3n) is 2.65. The summed E-state index contributed by atoms with van der Waals surface area (Å²) in [7, 11) is -1.08. The van der Waals surface area contributed by atoms with Crippen molar-refractivity contribution >= 4 is 9.84 Å². The highest BCUT2D eigenvalue weighted by atomic mass is 32.2. The van der Waals surface area contributed by atoms with E-state index in [0.717, 1.165) is 25.9 Å². The molecule has 0 saturated carbocycles. The van der Waals surface area contributed by atoms with Gasteiger partial charge >= 0.3 is 0 Å². The summed E-state index contributed by atoms with van der Waals surface area (Å²) in [6, 6.07) is 0. The number of piperidine rings is 1. The Kier molecular flexibility index (Phi) is 13.4. The second-order valence-electron chi connectivity index (χ2n) is 3.91. The third kappa shape index (κ3) is 11.0. The van der Waals surface area contributed by atoms with Crippen molar-refractivity contribution in [2.75, 3.05) is 38.8 Å². The maximum Gasteiger partial charge on any atom is 0.148 e. The van der Waals surface area contributed by atoms with E-state index in [4.69, 9.17) is 4.74 Å². The van der Waals surface area contributed by atoms with Crippen LogP contribution in [0.15, 0.2) is 0 Å². The van der Waals surface area contributed by atoms with Crippen molar-refractivity contribution in [1.82, 2.24) is 4.90 Å². The molecule has 0 unspecified atom stereocenters. The lowest BCUT2D eigenvalue weighted by Gasteiger charge is -2.30. The molecule has 0 N–H and O–H groups in total. The SMILES string of the molecule is CC.CC.COC1CCN(CCS(C)(=O)=O)CC1. The highest BCUT2D eigenvalue weighted by Crippen LogP contribution is 2.12. The van der Waals surface area contributed by atoms with Gasteiger partial charge in [-0.1, -0.05) is 27.7 Å². The van der Waals surface area contributed by atoms with E-state index >= 15 is 0 Å². The largest absolute Gasteiger partial charge is 0.381 e. The van der Waals surface area contributed by atoms with Crippen molar-refractivity contribution < 1.29 is 13.2 Å². The van der Waals surface area contributed by atoms with Gasteiger partial charge < -0.3 is 9.64 Å². The third-order valence-corrected chi connectivity index (χ3v) is 3.57. The maximum absolute atomic E-state index is 10.9. The minimum absolute atomic E-state index is 0.269. The van der Waals surface area contributed by atoms with Crippen LogP contribution in [0, 0.1) is 0 Å². The predicted octanol–water partition coefficient (Wildman–Crippen LogP) is 2.19. The molecule has 0 aromatic rings. The molecule has 1 fully saturated rings. The highest BCUT2D eigenvalue weighted by Gasteiger charge is 2.19. The average Bonchev–Trinajstić information content (AvgIpc) is 2.41. The van der Waals surface area contributed by atoms with E-state index in [1.165, 1.54) is 6.26 Å². The molecule has 4 nitrogen and oxygen atoms in total. The molecule has 1 rings (SSSR count). The summed E-state index contributed by atoms with van der Waals surface area (Å²) in [4.78, 5) is 2.19. The van der Waals surface area contributed by atoms with Gasteiger partial charge in [-0.25, -0.2) is 8.42 Å². The summed E-state index contributed by atoms with van der Waals surface area (Å²) in [6.45, 7) is 10.6. The molecular weight excluding hydrogens is 250 g/mol. The van der Waals surface area contributed by atoms with Crippen LogP contribution in [0.4, 0.5) is 0 Å². The molecular formula is C13H31NO3S. The van der Waals surface area contributed by atoms with Gasteiger partial charge in [0.2, 0.25) is 0 Å². The number of nitrogens with zero attached hydrogens (tertiary/aromatic N) is 1. The minimum Gasteiger partial charge on any atom is -0.381 e. The molecule has 18 heavy (non-hydrogen) atoms. The number of hydrogen-bond donors (Lipinski definition) is 0. The topological polar surface area (TPSA) is 46.6 Å². The smallest absolute Gasteiger partial charge is 0.148 e. The van der Waals surface area contributed by atoms with Gasteiger partial charge in [0.1, 0.15) is 9.84 Å². The first-order chi connectivity index (χ1) is 8.51. The second-order valence-corrected chi connectivity index (χ2v) is 6.17. The van der Waals surface area contributed by atoms with Crippen LogP contribution in [0.3, 0.4) is 0 Å². The Hall–Kier alpha value is -0.130. The number of hydrogen-bond acceptors (Lipinski definition) is 4. The van der Waals surface area contributed by atoms with Gasteiger partial charge in [0.15, 0.2) is 0 Å². The summed E-state index contributed by atoms with van der Waals surface area (Å²) >= 11 is 0. The highest BCUT2D eigenvalue weighted by molar-refractivity contribution is 7.90. The van der Waals surface area contributed by atoms with Crippen LogP contribution in [-0.2, 0) is 14.6 Å². The Morgan fingerprint density at radius 1 is 1.11 bits per heavy atom. The molecule has 1 heterocycles. The fourth-order valence-electron chi connectivity index (χ4n) is 1.66. The molecule has 5 heteroatoms. The van der Waals surface area contributed by atoms with Crippen LogP contribution >= 0.6 is 0 Å². The summed E-state index contributed by atoms with van der Waals surface area (Å²) in [5.41, 5.74) is 0. The Morgan fingerprint density at radius 3 is 1.89 bits per heavy atom. The lowest BCUT2D eigenvalue weighted by Crippen LogP contribution is -2.39. The molecule has 0 bridgehead atoms. The number of methoxy groups -OCH3 is 1. The Balaban J connectivity index is 0. The number of rotatable bonds is 4. The molecule has 0 atom stereocenters. The first-order valence-electron chi connectivity index (χ1n) is 6.94. The molecule has 0 radical (unpaired) electrons. The Labute approximate surface area is 114 Å². The lowest BCUT2D eigenvalue weighted by molar-refractivity contribution is 0.0429. The zero-order chi connectivity index (χ0) is 14.6.